The second kappa shape index (κ2) is 4.49. The van der Waals surface area contributed by atoms with E-state index >= 15 is 0 Å². The van der Waals surface area contributed by atoms with Gasteiger partial charge < -0.3 is 15.3 Å². The van der Waals surface area contributed by atoms with Crippen LogP contribution in [0.5, 0.6) is 0 Å². The fourth-order valence-corrected chi connectivity index (χ4v) is 0.538. The van der Waals surface area contributed by atoms with Crippen LogP contribution >= 0.6 is 0 Å². The average Bonchev–Trinajstić information content (AvgIpc) is 2.64. The lowest BCUT2D eigenvalue weighted by atomic mass is 10.7. The zero-order valence-corrected chi connectivity index (χ0v) is 6.65. The molecule has 74 valence electrons. The van der Waals surface area contributed by atoms with Crippen molar-refractivity contribution < 1.29 is 10.1 Å². The summed E-state index contributed by atoms with van der Waals surface area (Å²) in [7, 11) is 0. The minimum absolute atomic E-state index is 0.135. The van der Waals surface area contributed by atoms with Crippen LogP contribution in [0.15, 0.2) is 16.6 Å². The van der Waals surface area contributed by atoms with Gasteiger partial charge in [0.15, 0.2) is 6.21 Å². The number of amidine groups is 1. The first-order valence-electron chi connectivity index (χ1n) is 3.25. The van der Waals surface area contributed by atoms with Crippen molar-refractivity contribution in [3.05, 3.63) is 16.4 Å². The molecule has 10 nitrogen and oxygen atoms in total. The first-order chi connectivity index (χ1) is 6.74. The van der Waals surface area contributed by atoms with Crippen LogP contribution in [-0.4, -0.2) is 37.4 Å². The molecular weight excluding hydrogens is 194 g/mol. The van der Waals surface area contributed by atoms with Crippen LogP contribution in [0, 0.1) is 10.1 Å². The van der Waals surface area contributed by atoms with Gasteiger partial charge in [0, 0.05) is 0 Å². The molecule has 0 aliphatic rings. The third kappa shape index (κ3) is 2.51. The molecular formula is C4H5N7O3. The topological polar surface area (TPSA) is 142 Å². The summed E-state index contributed by atoms with van der Waals surface area (Å²) in [5.41, 5.74) is 2.21. The highest BCUT2D eigenvalue weighted by molar-refractivity contribution is 6.25. The van der Waals surface area contributed by atoms with E-state index in [9.17, 15) is 10.1 Å². The molecule has 10 heteroatoms. The van der Waals surface area contributed by atoms with Gasteiger partial charge in [-0.25, -0.2) is 5.10 Å². The maximum atomic E-state index is 10.2. The van der Waals surface area contributed by atoms with Crippen molar-refractivity contribution in [3.8, 4) is 0 Å². The molecule has 0 saturated heterocycles. The third-order valence-electron chi connectivity index (χ3n) is 1.05. The molecule has 14 heavy (non-hydrogen) atoms. The number of rotatable bonds is 3. The molecule has 3 N–H and O–H groups in total. The molecule has 0 amide bonds. The molecule has 0 radical (unpaired) electrons. The normalized spacial score (nSPS) is 11.9. The first-order valence-corrected chi connectivity index (χ1v) is 3.25. The Morgan fingerprint density at radius 1 is 1.86 bits per heavy atom. The van der Waals surface area contributed by atoms with Gasteiger partial charge in [-0.2, -0.15) is 10.1 Å². The summed E-state index contributed by atoms with van der Waals surface area (Å²) in [4.78, 5) is 13.0. The number of H-pyrrole nitrogens is 1. The minimum atomic E-state index is -0.830. The van der Waals surface area contributed by atoms with Crippen LogP contribution in [0.2, 0.25) is 0 Å². The number of nitrogens with one attached hydrogen (secondary N) is 2. The number of anilines is 1. The van der Waals surface area contributed by atoms with E-state index in [1.54, 1.807) is 0 Å². The third-order valence-corrected chi connectivity index (χ3v) is 1.05. The average molecular weight is 199 g/mol. The van der Waals surface area contributed by atoms with Crippen LogP contribution in [0.1, 0.15) is 0 Å². The summed E-state index contributed by atoms with van der Waals surface area (Å²) in [6, 6.07) is 0. The van der Waals surface area contributed by atoms with Gasteiger partial charge in [0.1, 0.15) is 6.33 Å². The van der Waals surface area contributed by atoms with Gasteiger partial charge in [-0.15, -0.1) is 5.43 Å². The van der Waals surface area contributed by atoms with Gasteiger partial charge in [-0.05, 0) is 4.92 Å². The molecule has 0 aliphatic heterocycles. The Morgan fingerprint density at radius 3 is 3.14 bits per heavy atom. The lowest BCUT2D eigenvalue weighted by Crippen LogP contribution is -2.15. The van der Waals surface area contributed by atoms with Crippen LogP contribution in [0.25, 0.3) is 0 Å². The second-order valence-corrected chi connectivity index (χ2v) is 1.92. The maximum Gasteiger partial charge on any atom is 0.409 e. The Labute approximate surface area is 76.5 Å². The molecule has 0 spiro atoms. The molecule has 1 rings (SSSR count). The highest BCUT2D eigenvalue weighted by atomic mass is 16.6. The minimum Gasteiger partial charge on any atom is -0.411 e. The Balaban J connectivity index is 2.69. The molecule has 1 aromatic heterocycles. The van der Waals surface area contributed by atoms with Crippen LogP contribution in [0.3, 0.4) is 0 Å². The highest BCUT2D eigenvalue weighted by Crippen LogP contribution is 1.91. The molecule has 1 heterocycles. The summed E-state index contributed by atoms with van der Waals surface area (Å²) >= 11 is 0. The monoisotopic (exact) mass is 199 g/mol. The number of nitrogens with zero attached hydrogens (tertiary/aromatic N) is 5. The fourth-order valence-electron chi connectivity index (χ4n) is 0.538. The van der Waals surface area contributed by atoms with Crippen LogP contribution < -0.4 is 5.43 Å². The fraction of sp³-hybridized carbons (Fsp3) is 0. The lowest BCUT2D eigenvalue weighted by molar-refractivity contribution is -0.345. The van der Waals surface area contributed by atoms with E-state index in [0.29, 0.717) is 6.21 Å². The van der Waals surface area contributed by atoms with E-state index in [4.69, 9.17) is 5.21 Å². The van der Waals surface area contributed by atoms with E-state index in [-0.39, 0.29) is 5.95 Å². The summed E-state index contributed by atoms with van der Waals surface area (Å²) in [5.74, 6) is -0.528. The summed E-state index contributed by atoms with van der Waals surface area (Å²) in [5, 5.41) is 29.9. The van der Waals surface area contributed by atoms with E-state index < -0.39 is 10.8 Å². The Bertz CT molecular complexity index is 355. The van der Waals surface area contributed by atoms with Gasteiger partial charge in [0.25, 0.3) is 5.95 Å². The second-order valence-electron chi connectivity index (χ2n) is 1.92. The molecule has 1 aromatic rings. The van der Waals surface area contributed by atoms with Gasteiger partial charge in [-0.3, -0.25) is 0 Å². The molecule has 0 saturated carbocycles. The number of nitro groups is 1. The zero-order valence-electron chi connectivity index (χ0n) is 6.65. The Morgan fingerprint density at radius 2 is 2.64 bits per heavy atom. The van der Waals surface area contributed by atoms with Gasteiger partial charge in [-0.1, -0.05) is 5.16 Å². The van der Waals surface area contributed by atoms with Crippen molar-refractivity contribution in [2.45, 2.75) is 0 Å². The van der Waals surface area contributed by atoms with E-state index in [0.717, 1.165) is 0 Å². The number of oxime groups is 1. The Kier molecular flexibility index (Phi) is 3.07. The largest absolute Gasteiger partial charge is 0.411 e. The lowest BCUT2D eigenvalue weighted by Gasteiger charge is -1.89. The van der Waals surface area contributed by atoms with Crippen LogP contribution in [0.4, 0.5) is 5.95 Å². The van der Waals surface area contributed by atoms with Gasteiger partial charge >= 0.3 is 5.84 Å². The predicted molar refractivity (Wildman–Crippen MR) is 44.7 cm³/mol. The summed E-state index contributed by atoms with van der Waals surface area (Å²) < 4.78 is 0. The number of hydrogen-bond donors (Lipinski definition) is 3. The number of hydrogen-bond acceptors (Lipinski definition) is 8. The smallest absolute Gasteiger partial charge is 0.409 e. The maximum absolute atomic E-state index is 10.2. The van der Waals surface area contributed by atoms with Crippen molar-refractivity contribution in [1.29, 1.82) is 0 Å². The highest BCUT2D eigenvalue weighted by Gasteiger charge is 2.09. The molecule has 0 unspecified atom stereocenters. The van der Waals surface area contributed by atoms with Crippen LogP contribution in [-0.2, 0) is 0 Å². The molecule has 0 atom stereocenters. The van der Waals surface area contributed by atoms with E-state index in [1.165, 1.54) is 6.33 Å². The quantitative estimate of drug-likeness (QED) is 0.192. The SMILES string of the molecule is O=[N+]([O-])C(C=NO)=NNc1ncn[nH]1. The summed E-state index contributed by atoms with van der Waals surface area (Å²) in [6.07, 6.45) is 1.77. The van der Waals surface area contributed by atoms with Crippen molar-refractivity contribution >= 4 is 18.0 Å². The molecule has 0 bridgehead atoms. The molecule has 0 aromatic carbocycles. The predicted octanol–water partition coefficient (Wildman–Crippen LogP) is -0.733. The Hall–Kier alpha value is -2.52. The van der Waals surface area contributed by atoms with Crippen molar-refractivity contribution in [2.24, 2.45) is 10.3 Å². The first kappa shape index (κ1) is 9.57. The number of aromatic nitrogens is 3. The van der Waals surface area contributed by atoms with E-state index in [2.05, 4.69) is 30.9 Å². The molecule has 0 fully saturated rings. The van der Waals surface area contributed by atoms with Gasteiger partial charge in [0.2, 0.25) is 0 Å². The van der Waals surface area contributed by atoms with Crippen molar-refractivity contribution in [2.75, 3.05) is 5.43 Å². The zero-order chi connectivity index (χ0) is 10.4. The van der Waals surface area contributed by atoms with Crippen molar-refractivity contribution in [3.63, 3.8) is 0 Å². The van der Waals surface area contributed by atoms with E-state index in [1.807, 2.05) is 0 Å². The standard InChI is InChI=1S/C4H5N7O3/c12-7-1-3(11(13)14)8-10-4-5-2-6-9-4/h1-2,12H,(H2,5,6,9,10). The molecule has 0 aliphatic carbocycles. The number of hydrazone groups is 1. The number of aromatic amines is 1. The van der Waals surface area contributed by atoms with Crippen molar-refractivity contribution in [1.82, 2.24) is 15.2 Å². The van der Waals surface area contributed by atoms with Gasteiger partial charge in [0.05, 0.1) is 5.10 Å². The summed E-state index contributed by atoms with van der Waals surface area (Å²) in [6.45, 7) is 0.